The molecule has 1 aliphatic rings. The van der Waals surface area contributed by atoms with Gasteiger partial charge in [-0.2, -0.15) is 0 Å². The van der Waals surface area contributed by atoms with Crippen molar-refractivity contribution in [3.63, 3.8) is 0 Å². The average molecular weight is 260 g/mol. The lowest BCUT2D eigenvalue weighted by atomic mass is 9.77. The van der Waals surface area contributed by atoms with Gasteiger partial charge in [-0.3, -0.25) is 4.79 Å². The van der Waals surface area contributed by atoms with Gasteiger partial charge in [0.15, 0.2) is 11.0 Å². The van der Waals surface area contributed by atoms with E-state index >= 15 is 0 Å². The van der Waals surface area contributed by atoms with Gasteiger partial charge >= 0.3 is 0 Å². The Morgan fingerprint density at radius 2 is 2.06 bits per heavy atom. The van der Waals surface area contributed by atoms with Crippen molar-refractivity contribution in [2.24, 2.45) is 0 Å². The van der Waals surface area contributed by atoms with E-state index in [9.17, 15) is 4.79 Å². The van der Waals surface area contributed by atoms with Crippen LogP contribution in [0.5, 0.6) is 0 Å². The molecule has 3 rings (SSSR count). The quantitative estimate of drug-likeness (QED) is 0.901. The summed E-state index contributed by atoms with van der Waals surface area (Å²) in [5.74, 6) is 0.290. The number of amides is 1. The highest BCUT2D eigenvalue weighted by Crippen LogP contribution is 2.35. The zero-order chi connectivity index (χ0) is 12.5. The highest BCUT2D eigenvalue weighted by molar-refractivity contribution is 6.29. The Kier molecular flexibility index (Phi) is 2.72. The first kappa shape index (κ1) is 11.2. The average Bonchev–Trinajstić information content (AvgIpc) is 2.34. The molecule has 1 aromatic carbocycles. The first-order chi connectivity index (χ1) is 8.74. The van der Waals surface area contributed by atoms with E-state index in [1.807, 2.05) is 24.3 Å². The van der Waals surface area contributed by atoms with E-state index in [0.29, 0.717) is 11.0 Å². The standard InChI is InChI=1S/C13H10ClN3O/c14-11-5-6-12(17-16-11)15-13(18)10-7-8-3-1-2-4-9(8)10/h1-6,10H,7H2,(H,15,17,18). The Morgan fingerprint density at radius 1 is 1.22 bits per heavy atom. The molecule has 0 fully saturated rings. The molecule has 18 heavy (non-hydrogen) atoms. The topological polar surface area (TPSA) is 54.9 Å². The summed E-state index contributed by atoms with van der Waals surface area (Å²) in [4.78, 5) is 12.0. The van der Waals surface area contributed by atoms with Crippen LogP contribution in [0.15, 0.2) is 36.4 Å². The van der Waals surface area contributed by atoms with Crippen molar-refractivity contribution >= 4 is 23.3 Å². The van der Waals surface area contributed by atoms with Gasteiger partial charge in [-0.25, -0.2) is 0 Å². The van der Waals surface area contributed by atoms with Crippen LogP contribution in [-0.4, -0.2) is 16.1 Å². The minimum Gasteiger partial charge on any atom is -0.309 e. The van der Waals surface area contributed by atoms with Crippen molar-refractivity contribution in [2.45, 2.75) is 12.3 Å². The predicted molar refractivity (Wildman–Crippen MR) is 68.6 cm³/mol. The summed E-state index contributed by atoms with van der Waals surface area (Å²) in [6.07, 6.45) is 0.781. The first-order valence-electron chi connectivity index (χ1n) is 5.62. The van der Waals surface area contributed by atoms with Gasteiger partial charge in [0.2, 0.25) is 5.91 Å². The molecule has 0 radical (unpaired) electrons. The van der Waals surface area contributed by atoms with E-state index in [1.165, 1.54) is 5.56 Å². The van der Waals surface area contributed by atoms with Crippen molar-refractivity contribution < 1.29 is 4.79 Å². The second kappa shape index (κ2) is 4.38. The molecule has 0 saturated carbocycles. The molecular weight excluding hydrogens is 250 g/mol. The molecule has 0 spiro atoms. The molecule has 0 saturated heterocycles. The maximum absolute atomic E-state index is 12.0. The third-order valence-electron chi connectivity index (χ3n) is 3.05. The number of rotatable bonds is 2. The van der Waals surface area contributed by atoms with Crippen LogP contribution in [0, 0.1) is 0 Å². The fourth-order valence-corrected chi connectivity index (χ4v) is 2.19. The number of carbonyl (C=O) groups excluding carboxylic acids is 1. The molecule has 0 bridgehead atoms. The number of halogens is 1. The number of hydrogen-bond acceptors (Lipinski definition) is 3. The number of nitrogens with zero attached hydrogens (tertiary/aromatic N) is 2. The second-order valence-corrected chi connectivity index (χ2v) is 4.57. The van der Waals surface area contributed by atoms with Gasteiger partial charge in [0.05, 0.1) is 5.92 Å². The molecule has 1 N–H and O–H groups in total. The molecule has 1 atom stereocenters. The van der Waals surface area contributed by atoms with Gasteiger partial charge in [-0.15, -0.1) is 10.2 Å². The number of anilines is 1. The molecule has 5 heteroatoms. The third-order valence-corrected chi connectivity index (χ3v) is 3.26. The number of carbonyl (C=O) groups is 1. The Labute approximate surface area is 109 Å². The number of fused-ring (bicyclic) bond motifs is 1. The Hall–Kier alpha value is -1.94. The van der Waals surface area contributed by atoms with Gasteiger partial charge in [-0.1, -0.05) is 35.9 Å². The van der Waals surface area contributed by atoms with Crippen LogP contribution in [-0.2, 0) is 11.2 Å². The van der Waals surface area contributed by atoms with Gasteiger partial charge in [0.1, 0.15) is 0 Å². The fourth-order valence-electron chi connectivity index (χ4n) is 2.09. The fraction of sp³-hybridized carbons (Fsp3) is 0.154. The summed E-state index contributed by atoms with van der Waals surface area (Å²) in [7, 11) is 0. The summed E-state index contributed by atoms with van der Waals surface area (Å²) in [6, 6.07) is 11.2. The normalized spacial score (nSPS) is 16.6. The lowest BCUT2D eigenvalue weighted by molar-refractivity contribution is -0.118. The Balaban J connectivity index is 1.72. The highest BCUT2D eigenvalue weighted by Gasteiger charge is 2.31. The molecule has 0 aliphatic heterocycles. The molecule has 1 aromatic heterocycles. The van der Waals surface area contributed by atoms with Crippen LogP contribution in [0.3, 0.4) is 0 Å². The largest absolute Gasteiger partial charge is 0.309 e. The van der Waals surface area contributed by atoms with Crippen molar-refractivity contribution in [1.29, 1.82) is 0 Å². The van der Waals surface area contributed by atoms with E-state index < -0.39 is 0 Å². The van der Waals surface area contributed by atoms with Gasteiger partial charge in [0, 0.05) is 0 Å². The summed E-state index contributed by atoms with van der Waals surface area (Å²) in [6.45, 7) is 0. The minimum atomic E-state index is -0.0846. The van der Waals surface area contributed by atoms with Crippen LogP contribution in [0.25, 0.3) is 0 Å². The molecule has 90 valence electrons. The van der Waals surface area contributed by atoms with Crippen molar-refractivity contribution in [3.8, 4) is 0 Å². The number of benzene rings is 1. The number of hydrogen-bond donors (Lipinski definition) is 1. The smallest absolute Gasteiger partial charge is 0.233 e. The van der Waals surface area contributed by atoms with Gasteiger partial charge in [0.25, 0.3) is 0 Å². The molecule has 1 amide bonds. The van der Waals surface area contributed by atoms with Gasteiger partial charge in [-0.05, 0) is 29.7 Å². The number of aromatic nitrogens is 2. The monoisotopic (exact) mass is 259 g/mol. The van der Waals surface area contributed by atoms with E-state index in [2.05, 4.69) is 15.5 Å². The Morgan fingerprint density at radius 3 is 2.78 bits per heavy atom. The zero-order valence-electron chi connectivity index (χ0n) is 9.43. The minimum absolute atomic E-state index is 0.0506. The molecule has 4 nitrogen and oxygen atoms in total. The zero-order valence-corrected chi connectivity index (χ0v) is 10.2. The summed E-state index contributed by atoms with van der Waals surface area (Å²) >= 11 is 5.63. The third kappa shape index (κ3) is 1.95. The van der Waals surface area contributed by atoms with Crippen LogP contribution in [0.1, 0.15) is 17.0 Å². The lowest BCUT2D eigenvalue weighted by Gasteiger charge is -2.28. The van der Waals surface area contributed by atoms with Crippen LogP contribution >= 0.6 is 11.6 Å². The van der Waals surface area contributed by atoms with Crippen molar-refractivity contribution in [2.75, 3.05) is 5.32 Å². The molecular formula is C13H10ClN3O. The van der Waals surface area contributed by atoms with Crippen molar-refractivity contribution in [3.05, 3.63) is 52.7 Å². The van der Waals surface area contributed by atoms with E-state index in [4.69, 9.17) is 11.6 Å². The van der Waals surface area contributed by atoms with E-state index in [-0.39, 0.29) is 11.8 Å². The molecule has 2 aromatic rings. The van der Waals surface area contributed by atoms with Crippen LogP contribution in [0.2, 0.25) is 5.15 Å². The summed E-state index contributed by atoms with van der Waals surface area (Å²) in [5.41, 5.74) is 2.33. The molecule has 1 heterocycles. The highest BCUT2D eigenvalue weighted by atomic mass is 35.5. The van der Waals surface area contributed by atoms with Crippen LogP contribution < -0.4 is 5.32 Å². The SMILES string of the molecule is O=C(Nc1ccc(Cl)nn1)C1Cc2ccccc21. The molecule has 1 unspecified atom stereocenters. The maximum atomic E-state index is 12.0. The van der Waals surface area contributed by atoms with E-state index in [0.717, 1.165) is 12.0 Å². The first-order valence-corrected chi connectivity index (χ1v) is 6.00. The summed E-state index contributed by atoms with van der Waals surface area (Å²) in [5, 5.41) is 10.5. The lowest BCUT2D eigenvalue weighted by Crippen LogP contribution is -2.30. The second-order valence-electron chi connectivity index (χ2n) is 4.19. The summed E-state index contributed by atoms with van der Waals surface area (Å²) < 4.78 is 0. The van der Waals surface area contributed by atoms with E-state index in [1.54, 1.807) is 12.1 Å². The van der Waals surface area contributed by atoms with Crippen molar-refractivity contribution in [1.82, 2.24) is 10.2 Å². The van der Waals surface area contributed by atoms with Crippen LogP contribution in [0.4, 0.5) is 5.82 Å². The maximum Gasteiger partial charge on any atom is 0.233 e. The predicted octanol–water partition coefficient (Wildman–Crippen LogP) is 2.41. The van der Waals surface area contributed by atoms with Gasteiger partial charge < -0.3 is 5.32 Å². The molecule has 1 aliphatic carbocycles. The number of nitrogens with one attached hydrogen (secondary N) is 1. The Bertz CT molecular complexity index is 597.